The molecule has 2 unspecified atom stereocenters. The van der Waals surface area contributed by atoms with Gasteiger partial charge in [0.25, 0.3) is 0 Å². The zero-order chi connectivity index (χ0) is 73.2. The van der Waals surface area contributed by atoms with Gasteiger partial charge in [-0.2, -0.15) is 0 Å². The number of aliphatic hydroxyl groups is 1. The van der Waals surface area contributed by atoms with E-state index >= 15 is 0 Å². The van der Waals surface area contributed by atoms with Crippen molar-refractivity contribution in [1.82, 2.24) is 0 Å². The van der Waals surface area contributed by atoms with E-state index in [2.05, 4.69) is 119 Å². The molecule has 0 aliphatic rings. The van der Waals surface area contributed by atoms with E-state index in [1.807, 2.05) is 18.2 Å². The summed E-state index contributed by atoms with van der Waals surface area (Å²) in [6.45, 7) is 4.63. The van der Waals surface area contributed by atoms with E-state index in [9.17, 15) is 43.2 Å². The van der Waals surface area contributed by atoms with Gasteiger partial charge in [0.05, 0.1) is 26.4 Å². The lowest BCUT2D eigenvalue weighted by atomic mass is 10.1. The summed E-state index contributed by atoms with van der Waals surface area (Å²) in [7, 11) is -9.98. The van der Waals surface area contributed by atoms with Crippen molar-refractivity contribution in [3.05, 3.63) is 109 Å². The third kappa shape index (κ3) is 72.1. The Hall–Kier alpha value is -4.28. The molecule has 0 fully saturated rings. The number of rotatable bonds is 73. The minimum absolute atomic E-state index is 0.0318. The maximum absolute atomic E-state index is 13.1. The number of esters is 4. The van der Waals surface area contributed by atoms with Crippen LogP contribution in [0.4, 0.5) is 0 Å². The van der Waals surface area contributed by atoms with E-state index in [4.69, 9.17) is 37.0 Å². The van der Waals surface area contributed by atoms with E-state index in [-0.39, 0.29) is 25.7 Å². The summed E-state index contributed by atoms with van der Waals surface area (Å²) in [6.07, 6.45) is 78.0. The van der Waals surface area contributed by atoms with Gasteiger partial charge in [-0.1, -0.05) is 265 Å². The molecule has 0 rings (SSSR count). The van der Waals surface area contributed by atoms with Crippen molar-refractivity contribution in [2.75, 3.05) is 39.6 Å². The van der Waals surface area contributed by atoms with Gasteiger partial charge in [0.1, 0.15) is 19.3 Å². The lowest BCUT2D eigenvalue weighted by Gasteiger charge is -2.21. The quantitative estimate of drug-likeness (QED) is 0.0169. The van der Waals surface area contributed by atoms with E-state index in [1.165, 1.54) is 83.5 Å². The van der Waals surface area contributed by atoms with Crippen molar-refractivity contribution in [1.29, 1.82) is 0 Å². The number of unbranched alkanes of at least 4 members (excludes halogenated alkanes) is 29. The molecule has 19 heteroatoms. The first-order valence-corrected chi connectivity index (χ1v) is 42.1. The number of carbonyl (C=O) groups is 4. The topological polar surface area (TPSA) is 237 Å². The molecule has 0 aromatic carbocycles. The van der Waals surface area contributed by atoms with E-state index in [1.54, 1.807) is 0 Å². The third-order valence-corrected chi connectivity index (χ3v) is 18.1. The van der Waals surface area contributed by atoms with Crippen LogP contribution in [0.3, 0.4) is 0 Å². The fourth-order valence-electron chi connectivity index (χ4n) is 10.2. The zero-order valence-corrected chi connectivity index (χ0v) is 64.6. The maximum Gasteiger partial charge on any atom is 0.472 e. The van der Waals surface area contributed by atoms with E-state index < -0.39 is 97.5 Å². The molecule has 100 heavy (non-hydrogen) atoms. The van der Waals surface area contributed by atoms with Crippen LogP contribution in [0.25, 0.3) is 0 Å². The van der Waals surface area contributed by atoms with Crippen LogP contribution >= 0.6 is 15.6 Å². The molecular weight excluding hydrogens is 1310 g/mol. The van der Waals surface area contributed by atoms with Crippen LogP contribution in [0.2, 0.25) is 0 Å². The van der Waals surface area contributed by atoms with Gasteiger partial charge < -0.3 is 33.8 Å². The molecule has 0 saturated carbocycles. The molecule has 0 aromatic rings. The number of hydrogen-bond acceptors (Lipinski definition) is 15. The van der Waals surface area contributed by atoms with Crippen LogP contribution in [0.15, 0.2) is 109 Å². The summed E-state index contributed by atoms with van der Waals surface area (Å²) in [6, 6.07) is 0. The number of aliphatic hydroxyl groups excluding tert-OH is 1. The predicted octanol–water partition coefficient (Wildman–Crippen LogP) is 22.6. The summed E-state index contributed by atoms with van der Waals surface area (Å²) >= 11 is 0. The van der Waals surface area contributed by atoms with Crippen LogP contribution in [0.1, 0.15) is 323 Å². The van der Waals surface area contributed by atoms with E-state index in [0.29, 0.717) is 32.1 Å². The minimum Gasteiger partial charge on any atom is -0.462 e. The number of allylic oxidation sites excluding steroid dienone is 18. The van der Waals surface area contributed by atoms with Crippen LogP contribution in [0.5, 0.6) is 0 Å². The Balaban J connectivity index is 5.43. The molecule has 0 aliphatic heterocycles. The monoisotopic (exact) mass is 1450 g/mol. The normalized spacial score (nSPS) is 14.5. The Morgan fingerprint density at radius 2 is 0.540 bits per heavy atom. The molecule has 0 radical (unpaired) electrons. The Labute approximate surface area is 607 Å². The Bertz CT molecular complexity index is 2320. The first-order chi connectivity index (χ1) is 48.7. The summed E-state index contributed by atoms with van der Waals surface area (Å²) in [5.41, 5.74) is 0. The zero-order valence-electron chi connectivity index (χ0n) is 62.8. The van der Waals surface area contributed by atoms with Gasteiger partial charge in [-0.25, -0.2) is 9.13 Å². The molecule has 17 nitrogen and oxygen atoms in total. The highest BCUT2D eigenvalue weighted by Crippen LogP contribution is 2.45. The Morgan fingerprint density at radius 1 is 0.290 bits per heavy atom. The van der Waals surface area contributed by atoms with Crippen molar-refractivity contribution < 1.29 is 80.2 Å². The number of ether oxygens (including phenoxy) is 4. The summed E-state index contributed by atoms with van der Waals surface area (Å²) in [5, 5.41) is 10.6. The average molecular weight is 1450 g/mol. The van der Waals surface area contributed by atoms with E-state index in [0.717, 1.165) is 154 Å². The number of carbonyl (C=O) groups excluding carboxylic acids is 4. The highest BCUT2D eigenvalue weighted by atomic mass is 31.2. The molecule has 3 N–H and O–H groups in total. The van der Waals surface area contributed by atoms with Crippen LogP contribution in [0, 0.1) is 0 Å². The Kier molecular flexibility index (Phi) is 69.9. The molecule has 0 heterocycles. The van der Waals surface area contributed by atoms with Crippen molar-refractivity contribution in [2.24, 2.45) is 0 Å². The summed E-state index contributed by atoms with van der Waals surface area (Å²) in [4.78, 5) is 72.9. The number of phosphoric acid groups is 2. The molecule has 0 aliphatic carbocycles. The molecule has 0 spiro atoms. The van der Waals surface area contributed by atoms with Crippen molar-refractivity contribution >= 4 is 39.5 Å². The van der Waals surface area contributed by atoms with Gasteiger partial charge in [0.15, 0.2) is 12.2 Å². The smallest absolute Gasteiger partial charge is 0.462 e. The fraction of sp³-hybridized carbons (Fsp3) is 0.728. The first-order valence-electron chi connectivity index (χ1n) is 39.1. The number of hydrogen-bond donors (Lipinski definition) is 3. The van der Waals surface area contributed by atoms with Gasteiger partial charge in [-0.15, -0.1) is 0 Å². The molecular formula is C81H140O17P2. The van der Waals surface area contributed by atoms with Gasteiger partial charge in [-0.3, -0.25) is 37.3 Å². The third-order valence-electron chi connectivity index (χ3n) is 16.2. The lowest BCUT2D eigenvalue weighted by molar-refractivity contribution is -0.161. The van der Waals surface area contributed by atoms with Gasteiger partial charge in [0, 0.05) is 25.7 Å². The van der Waals surface area contributed by atoms with Crippen LogP contribution in [-0.2, 0) is 65.4 Å². The maximum atomic E-state index is 13.1. The van der Waals surface area contributed by atoms with Crippen molar-refractivity contribution in [3.63, 3.8) is 0 Å². The van der Waals surface area contributed by atoms with Crippen LogP contribution < -0.4 is 0 Å². The Morgan fingerprint density at radius 3 is 0.860 bits per heavy atom. The van der Waals surface area contributed by atoms with Gasteiger partial charge >= 0.3 is 39.5 Å². The lowest BCUT2D eigenvalue weighted by Crippen LogP contribution is -2.30. The average Bonchev–Trinajstić information content (AvgIpc) is 0.934. The van der Waals surface area contributed by atoms with Gasteiger partial charge in [0.2, 0.25) is 0 Å². The molecule has 0 amide bonds. The fourth-order valence-corrected chi connectivity index (χ4v) is 11.8. The summed E-state index contributed by atoms with van der Waals surface area (Å²) < 4.78 is 68.4. The van der Waals surface area contributed by atoms with Crippen LogP contribution in [-0.4, -0.2) is 96.7 Å². The summed E-state index contributed by atoms with van der Waals surface area (Å²) in [5.74, 6) is -2.29. The molecule has 0 bridgehead atoms. The first kappa shape index (κ1) is 95.7. The molecule has 0 saturated heterocycles. The molecule has 5 atom stereocenters. The largest absolute Gasteiger partial charge is 0.472 e. The highest BCUT2D eigenvalue weighted by molar-refractivity contribution is 7.47. The second-order valence-electron chi connectivity index (χ2n) is 25.9. The highest BCUT2D eigenvalue weighted by Gasteiger charge is 2.30. The molecule has 576 valence electrons. The van der Waals surface area contributed by atoms with Crippen molar-refractivity contribution in [2.45, 2.75) is 341 Å². The second kappa shape index (κ2) is 73.0. The standard InChI is InChI=1S/C81H140O17P2/c1-5-9-13-17-21-25-29-33-35-36-37-38-40-44-48-52-56-60-64-68-81(86)98-77(72-92-79(84)66-62-58-54-50-46-43-39-34-30-26-22-18-14-10-6-2)74-96-100(89,90)94-70-75(82)69-93-99(87,88)95-73-76(97-80(85)67-63-59-55-51-47-42-32-28-24-20-16-12-8-4)71-91-78(83)65-61-57-53-49-45-41-31-27-23-19-15-11-7-3/h9,13,21,25-28,30-33,35,37-38,44,48,56,60,75-77,82H,5-8,10-12,14-20,22-24,29,34,36,39-43,45-47,49-55,57-59,61-74H2,1-4H3,(H,87,88)(H,89,90)/b13-9-,25-21-,30-26-,31-27-,32-28-,35-33-,38-37-,48-44-,60-56-/t75-,76+,77+/m0/s1. The minimum atomic E-state index is -5.00. The SMILES string of the molecule is CC/C=C\C/C=C\C/C=C\C/C=C\C/C=C\C/C=C\CCC(=O)O[C@H](COC(=O)CCCCCCCCC/C=C\CCCCCC)COP(=O)(O)OC[C@@H](O)COP(=O)(O)OC[C@@H](COC(=O)CCCCCCC/C=C\CCCCCC)OC(=O)CCCCCCC/C=C\CCCCCC. The predicted molar refractivity (Wildman–Crippen MR) is 408 cm³/mol. The number of phosphoric ester groups is 2. The second-order valence-corrected chi connectivity index (χ2v) is 28.8. The van der Waals surface area contributed by atoms with Crippen molar-refractivity contribution in [3.8, 4) is 0 Å². The van der Waals surface area contributed by atoms with Gasteiger partial charge in [-0.05, 0) is 141 Å². The molecule has 0 aromatic heterocycles.